The van der Waals surface area contributed by atoms with Gasteiger partial charge in [-0.3, -0.25) is 4.68 Å². The number of aliphatic hydroxyl groups excluding tert-OH is 1. The van der Waals surface area contributed by atoms with Crippen molar-refractivity contribution in [2.24, 2.45) is 7.05 Å². The third-order valence-corrected chi connectivity index (χ3v) is 2.96. The molecule has 1 atom stereocenters. The maximum atomic E-state index is 10.2. The van der Waals surface area contributed by atoms with Gasteiger partial charge in [-0.2, -0.15) is 5.10 Å². The van der Waals surface area contributed by atoms with Gasteiger partial charge in [0.15, 0.2) is 0 Å². The Bertz CT molecular complexity index is 485. The minimum atomic E-state index is -0.593. The predicted molar refractivity (Wildman–Crippen MR) is 67.8 cm³/mol. The van der Waals surface area contributed by atoms with Gasteiger partial charge in [-0.15, -0.1) is 0 Å². The summed E-state index contributed by atoms with van der Waals surface area (Å²) in [6.07, 6.45) is 2.94. The molecule has 3 nitrogen and oxygen atoms in total. The van der Waals surface area contributed by atoms with Crippen LogP contribution in [-0.4, -0.2) is 14.9 Å². The van der Waals surface area contributed by atoms with Crippen molar-refractivity contribution in [2.75, 3.05) is 0 Å². The maximum absolute atomic E-state index is 10.2. The fraction of sp³-hybridized carbons (Fsp3) is 0.357. The summed E-state index contributed by atoms with van der Waals surface area (Å²) < 4.78 is 1.70. The molecule has 0 aliphatic rings. The van der Waals surface area contributed by atoms with Crippen molar-refractivity contribution in [1.29, 1.82) is 0 Å². The molecule has 0 radical (unpaired) electrons. The van der Waals surface area contributed by atoms with E-state index >= 15 is 0 Å². The Morgan fingerprint density at radius 1 is 1.06 bits per heavy atom. The molecule has 90 valence electrons. The van der Waals surface area contributed by atoms with E-state index in [2.05, 4.69) is 31.1 Å². The summed E-state index contributed by atoms with van der Waals surface area (Å²) in [6, 6.07) is 8.10. The van der Waals surface area contributed by atoms with Crippen molar-refractivity contribution < 1.29 is 5.11 Å². The molecule has 0 fully saturated rings. The number of nitrogens with zero attached hydrogens (tertiary/aromatic N) is 2. The van der Waals surface area contributed by atoms with Crippen LogP contribution in [0.25, 0.3) is 0 Å². The van der Waals surface area contributed by atoms with Crippen LogP contribution in [0.2, 0.25) is 0 Å². The minimum absolute atomic E-state index is 0.514. The highest BCUT2D eigenvalue weighted by Gasteiger charge is 2.12. The van der Waals surface area contributed by atoms with Crippen LogP contribution in [0.1, 0.15) is 42.6 Å². The van der Waals surface area contributed by atoms with E-state index in [9.17, 15) is 5.11 Å². The molecule has 1 N–H and O–H groups in total. The highest BCUT2D eigenvalue weighted by Crippen LogP contribution is 2.23. The van der Waals surface area contributed by atoms with E-state index < -0.39 is 6.10 Å². The highest BCUT2D eigenvalue weighted by atomic mass is 16.3. The first-order valence-corrected chi connectivity index (χ1v) is 5.84. The van der Waals surface area contributed by atoms with E-state index in [1.807, 2.05) is 25.4 Å². The zero-order valence-corrected chi connectivity index (χ0v) is 10.5. The van der Waals surface area contributed by atoms with E-state index in [1.165, 1.54) is 5.56 Å². The monoisotopic (exact) mass is 230 g/mol. The number of hydrogen-bond acceptors (Lipinski definition) is 2. The Morgan fingerprint density at radius 2 is 1.65 bits per heavy atom. The molecular formula is C14H18N2O. The molecule has 0 aliphatic heterocycles. The van der Waals surface area contributed by atoms with E-state index in [-0.39, 0.29) is 0 Å². The number of rotatable bonds is 3. The Labute approximate surface area is 102 Å². The average Bonchev–Trinajstić information content (AvgIpc) is 2.75. The Hall–Kier alpha value is -1.61. The maximum Gasteiger partial charge on any atom is 0.107 e. The second-order valence-electron chi connectivity index (χ2n) is 4.67. The van der Waals surface area contributed by atoms with Gasteiger partial charge in [-0.05, 0) is 17.0 Å². The number of hydrogen-bond donors (Lipinski definition) is 1. The molecular weight excluding hydrogens is 212 g/mol. The van der Waals surface area contributed by atoms with Gasteiger partial charge in [-0.1, -0.05) is 38.1 Å². The fourth-order valence-electron chi connectivity index (χ4n) is 1.84. The van der Waals surface area contributed by atoms with E-state index in [0.717, 1.165) is 11.1 Å². The van der Waals surface area contributed by atoms with Crippen molar-refractivity contribution in [3.63, 3.8) is 0 Å². The lowest BCUT2D eigenvalue weighted by molar-refractivity contribution is 0.220. The van der Waals surface area contributed by atoms with Crippen LogP contribution >= 0.6 is 0 Å². The van der Waals surface area contributed by atoms with Gasteiger partial charge in [0.25, 0.3) is 0 Å². The molecule has 2 aromatic rings. The van der Waals surface area contributed by atoms with Gasteiger partial charge in [0.2, 0.25) is 0 Å². The van der Waals surface area contributed by atoms with Crippen LogP contribution in [0.4, 0.5) is 0 Å². The van der Waals surface area contributed by atoms with Crippen LogP contribution in [-0.2, 0) is 7.05 Å². The number of aryl methyl sites for hydroxylation is 1. The zero-order chi connectivity index (χ0) is 12.4. The molecule has 1 aromatic heterocycles. The minimum Gasteiger partial charge on any atom is -0.384 e. The SMILES string of the molecule is CC(C)c1ccc(C(O)c2cnn(C)c2)cc1. The molecule has 1 heterocycles. The first kappa shape index (κ1) is 11.9. The number of aromatic nitrogens is 2. The molecule has 0 saturated heterocycles. The first-order chi connectivity index (χ1) is 8.08. The summed E-state index contributed by atoms with van der Waals surface area (Å²) >= 11 is 0. The molecule has 17 heavy (non-hydrogen) atoms. The van der Waals surface area contributed by atoms with Gasteiger partial charge >= 0.3 is 0 Å². The first-order valence-electron chi connectivity index (χ1n) is 5.84. The topological polar surface area (TPSA) is 38.1 Å². The van der Waals surface area contributed by atoms with Gasteiger partial charge < -0.3 is 5.11 Å². The zero-order valence-electron chi connectivity index (χ0n) is 10.5. The summed E-state index contributed by atoms with van der Waals surface area (Å²) in [5, 5.41) is 14.2. The van der Waals surface area contributed by atoms with Crippen molar-refractivity contribution in [3.8, 4) is 0 Å². The van der Waals surface area contributed by atoms with E-state index in [4.69, 9.17) is 0 Å². The molecule has 2 rings (SSSR count). The largest absolute Gasteiger partial charge is 0.384 e. The van der Waals surface area contributed by atoms with Crippen molar-refractivity contribution in [3.05, 3.63) is 53.3 Å². The fourth-order valence-corrected chi connectivity index (χ4v) is 1.84. The van der Waals surface area contributed by atoms with E-state index in [0.29, 0.717) is 5.92 Å². The van der Waals surface area contributed by atoms with Crippen LogP contribution in [0.15, 0.2) is 36.7 Å². The standard InChI is InChI=1S/C14H18N2O/c1-10(2)11-4-6-12(7-5-11)14(17)13-8-15-16(3)9-13/h4-10,14,17H,1-3H3. The van der Waals surface area contributed by atoms with Crippen LogP contribution in [0, 0.1) is 0 Å². The van der Waals surface area contributed by atoms with Crippen LogP contribution < -0.4 is 0 Å². The molecule has 0 amide bonds. The molecule has 0 bridgehead atoms. The Kier molecular flexibility index (Phi) is 3.29. The second-order valence-corrected chi connectivity index (χ2v) is 4.67. The molecule has 0 saturated carbocycles. The van der Waals surface area contributed by atoms with Gasteiger partial charge in [0.1, 0.15) is 6.10 Å². The summed E-state index contributed by atoms with van der Waals surface area (Å²) in [5.74, 6) is 0.514. The van der Waals surface area contributed by atoms with Crippen molar-refractivity contribution in [1.82, 2.24) is 9.78 Å². The number of benzene rings is 1. The molecule has 1 aromatic carbocycles. The number of aliphatic hydroxyl groups is 1. The Balaban J connectivity index is 2.22. The van der Waals surface area contributed by atoms with Crippen molar-refractivity contribution in [2.45, 2.75) is 25.9 Å². The van der Waals surface area contributed by atoms with Gasteiger partial charge in [0.05, 0.1) is 6.20 Å². The normalized spacial score (nSPS) is 13.0. The lowest BCUT2D eigenvalue weighted by Crippen LogP contribution is -1.99. The van der Waals surface area contributed by atoms with Gasteiger partial charge in [0, 0.05) is 18.8 Å². The lowest BCUT2D eigenvalue weighted by atomic mass is 9.98. The highest BCUT2D eigenvalue weighted by molar-refractivity contribution is 5.30. The van der Waals surface area contributed by atoms with Crippen molar-refractivity contribution >= 4 is 0 Å². The second kappa shape index (κ2) is 4.72. The summed E-state index contributed by atoms with van der Waals surface area (Å²) in [6.45, 7) is 4.32. The summed E-state index contributed by atoms with van der Waals surface area (Å²) in [4.78, 5) is 0. The summed E-state index contributed by atoms with van der Waals surface area (Å²) in [7, 11) is 1.85. The third kappa shape index (κ3) is 2.56. The smallest absolute Gasteiger partial charge is 0.107 e. The summed E-state index contributed by atoms with van der Waals surface area (Å²) in [5.41, 5.74) is 3.01. The molecule has 0 aliphatic carbocycles. The Morgan fingerprint density at radius 3 is 2.12 bits per heavy atom. The third-order valence-electron chi connectivity index (χ3n) is 2.96. The van der Waals surface area contributed by atoms with Crippen LogP contribution in [0.5, 0.6) is 0 Å². The van der Waals surface area contributed by atoms with Gasteiger partial charge in [-0.25, -0.2) is 0 Å². The molecule has 1 unspecified atom stereocenters. The lowest BCUT2D eigenvalue weighted by Gasteiger charge is -2.11. The molecule has 0 spiro atoms. The van der Waals surface area contributed by atoms with Crippen LogP contribution in [0.3, 0.4) is 0 Å². The average molecular weight is 230 g/mol. The predicted octanol–water partition coefficient (Wildman–Crippen LogP) is 2.63. The quantitative estimate of drug-likeness (QED) is 0.880. The molecule has 3 heteroatoms. The van der Waals surface area contributed by atoms with E-state index in [1.54, 1.807) is 10.9 Å².